The van der Waals surface area contributed by atoms with Crippen LogP contribution in [-0.4, -0.2) is 27.2 Å². The second kappa shape index (κ2) is 7.28. The van der Waals surface area contributed by atoms with E-state index in [-0.39, 0.29) is 23.0 Å². The molecule has 23 heavy (non-hydrogen) atoms. The number of benzene rings is 2. The molecular weight excluding hydrogens is 314 g/mol. The summed E-state index contributed by atoms with van der Waals surface area (Å²) in [4.78, 5) is 12.2. The van der Waals surface area contributed by atoms with Crippen molar-refractivity contribution in [1.29, 1.82) is 0 Å². The molecule has 5 nitrogen and oxygen atoms in total. The predicted octanol–water partition coefficient (Wildman–Crippen LogP) is 2.81. The summed E-state index contributed by atoms with van der Waals surface area (Å²) in [5.74, 6) is -0.0794. The van der Waals surface area contributed by atoms with Gasteiger partial charge >= 0.3 is 0 Å². The van der Waals surface area contributed by atoms with Crippen LogP contribution in [-0.2, 0) is 14.6 Å². The number of aryl methyl sites for hydroxylation is 1. The summed E-state index contributed by atoms with van der Waals surface area (Å²) < 4.78 is 29.6. The Morgan fingerprint density at radius 2 is 1.74 bits per heavy atom. The summed E-state index contributed by atoms with van der Waals surface area (Å²) in [5.41, 5.74) is 1.51. The monoisotopic (exact) mass is 333 g/mol. The van der Waals surface area contributed by atoms with E-state index in [1.165, 1.54) is 7.11 Å². The van der Waals surface area contributed by atoms with Gasteiger partial charge in [-0.25, -0.2) is 8.42 Å². The fraction of sp³-hybridized carbons (Fsp3) is 0.235. The van der Waals surface area contributed by atoms with Gasteiger partial charge in [0.25, 0.3) is 0 Å². The summed E-state index contributed by atoms with van der Waals surface area (Å²) in [5, 5.41) is 2.67. The lowest BCUT2D eigenvalue weighted by atomic mass is 10.2. The highest BCUT2D eigenvalue weighted by atomic mass is 32.2. The second-order valence-electron chi connectivity index (χ2n) is 5.13. The first-order valence-electron chi connectivity index (χ1n) is 7.14. The Hall–Kier alpha value is -2.34. The first kappa shape index (κ1) is 17.0. The van der Waals surface area contributed by atoms with Gasteiger partial charge in [0.2, 0.25) is 5.91 Å². The Labute approximate surface area is 136 Å². The molecule has 0 saturated carbocycles. The second-order valence-corrected chi connectivity index (χ2v) is 7.24. The highest BCUT2D eigenvalue weighted by Gasteiger charge is 2.17. The van der Waals surface area contributed by atoms with Crippen LogP contribution in [0.4, 0.5) is 5.69 Å². The van der Waals surface area contributed by atoms with Crippen molar-refractivity contribution in [3.05, 3.63) is 54.1 Å². The number of carbonyl (C=O) groups is 1. The Morgan fingerprint density at radius 1 is 1.09 bits per heavy atom. The lowest BCUT2D eigenvalue weighted by molar-refractivity contribution is -0.115. The predicted molar refractivity (Wildman–Crippen MR) is 89.5 cm³/mol. The summed E-state index contributed by atoms with van der Waals surface area (Å²) in [6.07, 6.45) is -0.117. The van der Waals surface area contributed by atoms with Gasteiger partial charge in [0, 0.05) is 6.42 Å². The minimum atomic E-state index is -3.47. The highest BCUT2D eigenvalue weighted by molar-refractivity contribution is 7.91. The van der Waals surface area contributed by atoms with Gasteiger partial charge in [0.1, 0.15) is 5.75 Å². The molecule has 0 aliphatic rings. The van der Waals surface area contributed by atoms with Crippen LogP contribution in [0.25, 0.3) is 0 Å². The number of hydrogen-bond donors (Lipinski definition) is 1. The zero-order valence-corrected chi connectivity index (χ0v) is 13.9. The van der Waals surface area contributed by atoms with Crippen LogP contribution in [0.1, 0.15) is 12.0 Å². The first-order valence-corrected chi connectivity index (χ1v) is 8.80. The van der Waals surface area contributed by atoms with Crippen LogP contribution in [0.3, 0.4) is 0 Å². The molecule has 0 spiro atoms. The molecule has 0 atom stereocenters. The largest absolute Gasteiger partial charge is 0.495 e. The van der Waals surface area contributed by atoms with E-state index in [0.29, 0.717) is 11.4 Å². The molecule has 2 rings (SSSR count). The summed E-state index contributed by atoms with van der Waals surface area (Å²) in [6.45, 7) is 1.89. The fourth-order valence-corrected chi connectivity index (χ4v) is 3.29. The molecule has 1 N–H and O–H groups in total. The molecule has 2 aromatic carbocycles. The molecule has 0 heterocycles. The summed E-state index contributed by atoms with van der Waals surface area (Å²) in [7, 11) is -1.97. The number of para-hydroxylation sites is 2. The molecule has 0 aliphatic heterocycles. The van der Waals surface area contributed by atoms with Gasteiger partial charge in [-0.2, -0.15) is 0 Å². The van der Waals surface area contributed by atoms with E-state index in [2.05, 4.69) is 5.32 Å². The van der Waals surface area contributed by atoms with Crippen LogP contribution < -0.4 is 10.1 Å². The molecule has 0 saturated heterocycles. The van der Waals surface area contributed by atoms with Gasteiger partial charge in [-0.1, -0.05) is 29.8 Å². The average Bonchev–Trinajstić information content (AvgIpc) is 2.54. The van der Waals surface area contributed by atoms with Gasteiger partial charge in [0.15, 0.2) is 9.84 Å². The van der Waals surface area contributed by atoms with Crippen LogP contribution >= 0.6 is 0 Å². The lowest BCUT2D eigenvalue weighted by Crippen LogP contribution is -2.17. The van der Waals surface area contributed by atoms with Crippen LogP contribution in [0.5, 0.6) is 5.75 Å². The van der Waals surface area contributed by atoms with E-state index >= 15 is 0 Å². The van der Waals surface area contributed by atoms with E-state index in [4.69, 9.17) is 4.74 Å². The molecular formula is C17H19NO4S. The normalized spacial score (nSPS) is 11.0. The van der Waals surface area contributed by atoms with Gasteiger partial charge in [-0.15, -0.1) is 0 Å². The third-order valence-electron chi connectivity index (χ3n) is 3.36. The average molecular weight is 333 g/mol. The standard InChI is InChI=1S/C17H19NO4S/c1-13-7-9-14(10-8-13)23(20,21)12-11-17(19)18-15-5-3-4-6-16(15)22-2/h3-10H,11-12H2,1-2H3,(H,18,19). The number of carbonyl (C=O) groups excluding carboxylic acids is 1. The van der Waals surface area contributed by atoms with Gasteiger partial charge < -0.3 is 10.1 Å². The Kier molecular flexibility index (Phi) is 5.39. The number of amides is 1. The zero-order valence-electron chi connectivity index (χ0n) is 13.1. The van der Waals surface area contributed by atoms with Crippen molar-refractivity contribution in [2.24, 2.45) is 0 Å². The Morgan fingerprint density at radius 3 is 2.39 bits per heavy atom. The van der Waals surface area contributed by atoms with Crippen molar-refractivity contribution in [1.82, 2.24) is 0 Å². The number of methoxy groups -OCH3 is 1. The van der Waals surface area contributed by atoms with Crippen LogP contribution in [0.2, 0.25) is 0 Å². The maximum atomic E-state index is 12.2. The summed E-state index contributed by atoms with van der Waals surface area (Å²) >= 11 is 0. The first-order chi connectivity index (χ1) is 10.9. The lowest BCUT2D eigenvalue weighted by Gasteiger charge is -2.10. The summed E-state index contributed by atoms with van der Waals surface area (Å²) in [6, 6.07) is 13.6. The SMILES string of the molecule is COc1ccccc1NC(=O)CCS(=O)(=O)c1ccc(C)cc1. The molecule has 2 aromatic rings. The van der Waals surface area contributed by atoms with Crippen LogP contribution in [0.15, 0.2) is 53.4 Å². The number of anilines is 1. The molecule has 1 amide bonds. The third-order valence-corrected chi connectivity index (χ3v) is 5.09. The van der Waals surface area contributed by atoms with Crippen molar-refractivity contribution in [2.75, 3.05) is 18.2 Å². The van der Waals surface area contributed by atoms with E-state index in [1.54, 1.807) is 48.5 Å². The van der Waals surface area contributed by atoms with Crippen LogP contribution in [0, 0.1) is 6.92 Å². The maximum absolute atomic E-state index is 12.2. The van der Waals surface area contributed by atoms with Gasteiger partial charge in [0.05, 0.1) is 23.4 Å². The molecule has 122 valence electrons. The van der Waals surface area contributed by atoms with E-state index in [9.17, 15) is 13.2 Å². The molecule has 0 bridgehead atoms. The highest BCUT2D eigenvalue weighted by Crippen LogP contribution is 2.23. The van der Waals surface area contributed by atoms with Crippen molar-refractivity contribution in [3.8, 4) is 5.75 Å². The quantitative estimate of drug-likeness (QED) is 0.882. The van der Waals surface area contributed by atoms with Crippen molar-refractivity contribution in [3.63, 3.8) is 0 Å². The van der Waals surface area contributed by atoms with Crippen molar-refractivity contribution in [2.45, 2.75) is 18.2 Å². The third kappa shape index (κ3) is 4.56. The topological polar surface area (TPSA) is 72.5 Å². The molecule has 0 unspecified atom stereocenters. The Bertz CT molecular complexity index is 782. The smallest absolute Gasteiger partial charge is 0.225 e. The van der Waals surface area contributed by atoms with Crippen molar-refractivity contribution >= 4 is 21.4 Å². The minimum Gasteiger partial charge on any atom is -0.495 e. The van der Waals surface area contributed by atoms with E-state index < -0.39 is 9.84 Å². The molecule has 0 fully saturated rings. The molecule has 0 aromatic heterocycles. The fourth-order valence-electron chi connectivity index (χ4n) is 2.05. The minimum absolute atomic E-state index is 0.117. The number of rotatable bonds is 6. The van der Waals surface area contributed by atoms with Gasteiger partial charge in [-0.3, -0.25) is 4.79 Å². The molecule has 0 radical (unpaired) electrons. The molecule has 6 heteroatoms. The zero-order chi connectivity index (χ0) is 16.9. The Balaban J connectivity index is 2.00. The maximum Gasteiger partial charge on any atom is 0.225 e. The number of hydrogen-bond acceptors (Lipinski definition) is 4. The number of sulfone groups is 1. The van der Waals surface area contributed by atoms with Gasteiger partial charge in [-0.05, 0) is 31.2 Å². The van der Waals surface area contributed by atoms with E-state index in [1.807, 2.05) is 6.92 Å². The molecule has 0 aliphatic carbocycles. The van der Waals surface area contributed by atoms with E-state index in [0.717, 1.165) is 5.56 Å². The van der Waals surface area contributed by atoms with Crippen molar-refractivity contribution < 1.29 is 17.9 Å². The number of ether oxygens (including phenoxy) is 1. The number of nitrogens with one attached hydrogen (secondary N) is 1.